The van der Waals surface area contributed by atoms with E-state index >= 15 is 0 Å². The minimum atomic E-state index is -0.441. The summed E-state index contributed by atoms with van der Waals surface area (Å²) >= 11 is 0. The predicted molar refractivity (Wildman–Crippen MR) is 82.1 cm³/mol. The summed E-state index contributed by atoms with van der Waals surface area (Å²) in [7, 11) is 0. The second kappa shape index (κ2) is 5.17. The van der Waals surface area contributed by atoms with Gasteiger partial charge in [0.05, 0.1) is 10.9 Å². The fourth-order valence-corrected chi connectivity index (χ4v) is 2.30. The lowest BCUT2D eigenvalue weighted by Gasteiger charge is -2.07. The number of hydrogen-bond acceptors (Lipinski definition) is 5. The molecule has 0 radical (unpaired) electrons. The zero-order chi connectivity index (χ0) is 15.8. The first-order valence-corrected chi connectivity index (χ1v) is 6.81. The highest BCUT2D eigenvalue weighted by Crippen LogP contribution is 2.28. The lowest BCUT2D eigenvalue weighted by atomic mass is 10.2. The molecule has 5 nitrogen and oxygen atoms in total. The number of ether oxygens (including phenoxy) is 1. The SMILES string of the molecule is O=c1ccc2ccc(Oc3ncnc4ccc(F)cc34)cc2o1. The highest BCUT2D eigenvalue weighted by atomic mass is 19.1. The number of fused-ring (bicyclic) bond motifs is 2. The first kappa shape index (κ1) is 13.4. The van der Waals surface area contributed by atoms with Crippen LogP contribution in [0.1, 0.15) is 0 Å². The van der Waals surface area contributed by atoms with Crippen molar-refractivity contribution in [3.05, 3.63) is 71.1 Å². The maximum absolute atomic E-state index is 13.4. The highest BCUT2D eigenvalue weighted by molar-refractivity contribution is 5.84. The van der Waals surface area contributed by atoms with Crippen molar-refractivity contribution in [2.75, 3.05) is 0 Å². The standard InChI is InChI=1S/C17H9FN2O3/c18-11-3-5-14-13(7-11)17(20-9-19-14)22-12-4-1-10-2-6-16(21)23-15(10)8-12/h1-9H. The van der Waals surface area contributed by atoms with E-state index in [0.29, 0.717) is 22.2 Å². The lowest BCUT2D eigenvalue weighted by Crippen LogP contribution is -1.95. The van der Waals surface area contributed by atoms with E-state index in [-0.39, 0.29) is 5.88 Å². The Hall–Kier alpha value is -3.28. The molecule has 2 aromatic heterocycles. The maximum atomic E-state index is 13.4. The molecular formula is C17H9FN2O3. The van der Waals surface area contributed by atoms with Crippen molar-refractivity contribution in [1.82, 2.24) is 9.97 Å². The number of aromatic nitrogens is 2. The van der Waals surface area contributed by atoms with Crippen LogP contribution in [-0.4, -0.2) is 9.97 Å². The van der Waals surface area contributed by atoms with Gasteiger partial charge in [0.15, 0.2) is 0 Å². The first-order chi connectivity index (χ1) is 11.2. The molecule has 0 saturated carbocycles. The smallest absolute Gasteiger partial charge is 0.336 e. The molecule has 4 rings (SSSR count). The first-order valence-electron chi connectivity index (χ1n) is 6.81. The third kappa shape index (κ3) is 2.50. The Labute approximate surface area is 129 Å². The second-order valence-corrected chi connectivity index (χ2v) is 4.90. The van der Waals surface area contributed by atoms with Gasteiger partial charge in [-0.15, -0.1) is 0 Å². The molecule has 0 aliphatic rings. The molecule has 0 amide bonds. The molecular weight excluding hydrogens is 299 g/mol. The van der Waals surface area contributed by atoms with Crippen molar-refractivity contribution in [1.29, 1.82) is 0 Å². The summed E-state index contributed by atoms with van der Waals surface area (Å²) in [5.74, 6) is 0.255. The molecule has 23 heavy (non-hydrogen) atoms. The van der Waals surface area contributed by atoms with E-state index in [1.54, 1.807) is 30.3 Å². The Morgan fingerprint density at radius 1 is 1.00 bits per heavy atom. The molecule has 0 N–H and O–H groups in total. The summed E-state index contributed by atoms with van der Waals surface area (Å²) in [5.41, 5.74) is 0.535. The van der Waals surface area contributed by atoms with Crippen LogP contribution < -0.4 is 10.4 Å². The van der Waals surface area contributed by atoms with Gasteiger partial charge in [0.2, 0.25) is 5.88 Å². The summed E-state index contributed by atoms with van der Waals surface area (Å²) in [4.78, 5) is 19.4. The molecule has 6 heteroatoms. The van der Waals surface area contributed by atoms with Gasteiger partial charge in [0, 0.05) is 17.5 Å². The van der Waals surface area contributed by atoms with Crippen LogP contribution in [0.25, 0.3) is 21.9 Å². The molecule has 0 aliphatic carbocycles. The van der Waals surface area contributed by atoms with Gasteiger partial charge in [0.25, 0.3) is 0 Å². The van der Waals surface area contributed by atoms with Crippen LogP contribution in [0.4, 0.5) is 4.39 Å². The van der Waals surface area contributed by atoms with E-state index in [0.717, 1.165) is 5.39 Å². The fourth-order valence-electron chi connectivity index (χ4n) is 2.30. The van der Waals surface area contributed by atoms with Crippen molar-refractivity contribution in [2.24, 2.45) is 0 Å². The molecule has 112 valence electrons. The van der Waals surface area contributed by atoms with E-state index in [1.165, 1.54) is 24.5 Å². The van der Waals surface area contributed by atoms with E-state index in [9.17, 15) is 9.18 Å². The monoisotopic (exact) mass is 308 g/mol. The predicted octanol–water partition coefficient (Wildman–Crippen LogP) is 3.67. The van der Waals surface area contributed by atoms with Crippen LogP contribution in [0, 0.1) is 5.82 Å². The van der Waals surface area contributed by atoms with Gasteiger partial charge in [-0.1, -0.05) is 0 Å². The molecule has 4 aromatic rings. The van der Waals surface area contributed by atoms with Crippen molar-refractivity contribution >= 4 is 21.9 Å². The zero-order valence-electron chi connectivity index (χ0n) is 11.7. The Morgan fingerprint density at radius 3 is 2.78 bits per heavy atom. The molecule has 2 heterocycles. The summed E-state index contributed by atoms with van der Waals surface area (Å²) in [5, 5.41) is 1.23. The summed E-state index contributed by atoms with van der Waals surface area (Å²) in [6.07, 6.45) is 1.34. The number of nitrogens with zero attached hydrogens (tertiary/aromatic N) is 2. The second-order valence-electron chi connectivity index (χ2n) is 4.90. The normalized spacial score (nSPS) is 11.0. The van der Waals surface area contributed by atoms with Gasteiger partial charge >= 0.3 is 5.63 Å². The van der Waals surface area contributed by atoms with Crippen molar-refractivity contribution in [3.8, 4) is 11.6 Å². The van der Waals surface area contributed by atoms with E-state index in [4.69, 9.17) is 9.15 Å². The Balaban J connectivity index is 1.81. The number of halogens is 1. The molecule has 0 atom stereocenters. The lowest BCUT2D eigenvalue weighted by molar-refractivity contribution is 0.466. The van der Waals surface area contributed by atoms with Gasteiger partial charge in [-0.25, -0.2) is 19.2 Å². The van der Waals surface area contributed by atoms with Crippen molar-refractivity contribution in [2.45, 2.75) is 0 Å². The van der Waals surface area contributed by atoms with Crippen LogP contribution in [0.3, 0.4) is 0 Å². The summed E-state index contributed by atoms with van der Waals surface area (Å²) in [6.45, 7) is 0. The van der Waals surface area contributed by atoms with Crippen LogP contribution in [-0.2, 0) is 0 Å². The largest absolute Gasteiger partial charge is 0.438 e. The molecule has 0 spiro atoms. The minimum absolute atomic E-state index is 0.229. The van der Waals surface area contributed by atoms with Crippen LogP contribution in [0.5, 0.6) is 11.6 Å². The third-order valence-corrected chi connectivity index (χ3v) is 3.37. The van der Waals surface area contributed by atoms with Gasteiger partial charge in [-0.3, -0.25) is 0 Å². The molecule has 0 fully saturated rings. The minimum Gasteiger partial charge on any atom is -0.438 e. The zero-order valence-corrected chi connectivity index (χ0v) is 11.7. The van der Waals surface area contributed by atoms with Crippen molar-refractivity contribution < 1.29 is 13.5 Å². The molecule has 0 aliphatic heterocycles. The van der Waals surface area contributed by atoms with Crippen molar-refractivity contribution in [3.63, 3.8) is 0 Å². The van der Waals surface area contributed by atoms with E-state index in [1.807, 2.05) is 0 Å². The fraction of sp³-hybridized carbons (Fsp3) is 0. The Morgan fingerprint density at radius 2 is 1.87 bits per heavy atom. The average molecular weight is 308 g/mol. The summed E-state index contributed by atoms with van der Waals surface area (Å²) < 4.78 is 24.3. The molecule has 2 aromatic carbocycles. The third-order valence-electron chi connectivity index (χ3n) is 3.37. The Bertz CT molecular complexity index is 1090. The maximum Gasteiger partial charge on any atom is 0.336 e. The van der Waals surface area contributed by atoms with Gasteiger partial charge in [-0.05, 0) is 36.4 Å². The summed E-state index contributed by atoms with van der Waals surface area (Å²) in [6, 6.07) is 12.3. The van der Waals surface area contributed by atoms with Gasteiger partial charge < -0.3 is 9.15 Å². The molecule has 0 unspecified atom stereocenters. The molecule has 0 bridgehead atoms. The highest BCUT2D eigenvalue weighted by Gasteiger charge is 2.08. The van der Waals surface area contributed by atoms with Gasteiger partial charge in [0.1, 0.15) is 23.5 Å². The molecule has 0 saturated heterocycles. The topological polar surface area (TPSA) is 65.2 Å². The number of rotatable bonds is 2. The van der Waals surface area contributed by atoms with Crippen LogP contribution in [0.15, 0.2) is 64.1 Å². The van der Waals surface area contributed by atoms with E-state index < -0.39 is 11.4 Å². The van der Waals surface area contributed by atoms with E-state index in [2.05, 4.69) is 9.97 Å². The average Bonchev–Trinajstić information content (AvgIpc) is 2.55. The number of benzene rings is 2. The van der Waals surface area contributed by atoms with Crippen LogP contribution in [0.2, 0.25) is 0 Å². The Kier molecular flexibility index (Phi) is 3.01. The quantitative estimate of drug-likeness (QED) is 0.529. The van der Waals surface area contributed by atoms with Gasteiger partial charge in [-0.2, -0.15) is 0 Å². The van der Waals surface area contributed by atoms with Crippen LogP contribution >= 0.6 is 0 Å². The number of hydrogen-bond donors (Lipinski definition) is 0.